The molecule has 0 unspecified atom stereocenters. The van der Waals surface area contributed by atoms with Gasteiger partial charge in [0.25, 0.3) is 0 Å². The number of hydrogen-bond acceptors (Lipinski definition) is 8. The molecular formula is C27H26N6O2S. The lowest BCUT2D eigenvalue weighted by Gasteiger charge is -2.23. The summed E-state index contributed by atoms with van der Waals surface area (Å²) in [7, 11) is 1.98. The average Bonchev–Trinajstić information content (AvgIpc) is 3.26. The van der Waals surface area contributed by atoms with E-state index in [9.17, 15) is 0 Å². The Kier molecular flexibility index (Phi) is 6.08. The Hall–Kier alpha value is -3.82. The van der Waals surface area contributed by atoms with Crippen molar-refractivity contribution in [2.24, 2.45) is 7.05 Å². The number of imidazole rings is 1. The number of aryl methyl sites for hydroxylation is 2. The fourth-order valence-corrected chi connectivity index (χ4v) is 5.20. The highest BCUT2D eigenvalue weighted by molar-refractivity contribution is 7.99. The van der Waals surface area contributed by atoms with Gasteiger partial charge < -0.3 is 24.7 Å². The smallest absolute Gasteiger partial charge is 0.156 e. The molecule has 1 saturated heterocycles. The number of benzene rings is 3. The summed E-state index contributed by atoms with van der Waals surface area (Å²) < 4.78 is 14.3. The van der Waals surface area contributed by atoms with Crippen molar-refractivity contribution in [3.05, 3.63) is 72.8 Å². The minimum Gasteiger partial charge on any atom is -0.478 e. The maximum Gasteiger partial charge on any atom is 0.156 e. The highest BCUT2D eigenvalue weighted by Gasteiger charge is 2.16. The molecular weight excluding hydrogens is 472 g/mol. The van der Waals surface area contributed by atoms with Crippen LogP contribution in [0.1, 0.15) is 5.56 Å². The van der Waals surface area contributed by atoms with Gasteiger partial charge >= 0.3 is 0 Å². The molecule has 3 heterocycles. The van der Waals surface area contributed by atoms with Crippen LogP contribution in [-0.4, -0.2) is 43.8 Å². The lowest BCUT2D eigenvalue weighted by atomic mass is 10.2. The quantitative estimate of drug-likeness (QED) is 0.322. The van der Waals surface area contributed by atoms with Crippen molar-refractivity contribution in [3.8, 4) is 17.2 Å². The van der Waals surface area contributed by atoms with E-state index in [0.717, 1.165) is 75.1 Å². The molecule has 1 atom stereocenters. The third-order valence-electron chi connectivity index (χ3n) is 6.13. The number of ether oxygens (including phenoxy) is 2. The SMILES string of the molecule is Cc1cc(Nc2ncnc3ccc(O[C@@H]4CNCCS4)cc23)ccc1Oc1ccc2c(c1)ncn2C. The van der Waals surface area contributed by atoms with E-state index in [2.05, 4.69) is 25.6 Å². The molecule has 0 saturated carbocycles. The van der Waals surface area contributed by atoms with Crippen LogP contribution in [0.15, 0.2) is 67.3 Å². The van der Waals surface area contributed by atoms with Crippen molar-refractivity contribution in [2.45, 2.75) is 12.4 Å². The number of hydrogen-bond donors (Lipinski definition) is 2. The van der Waals surface area contributed by atoms with E-state index in [1.165, 1.54) is 0 Å². The van der Waals surface area contributed by atoms with Gasteiger partial charge in [-0.2, -0.15) is 0 Å². The summed E-state index contributed by atoms with van der Waals surface area (Å²) >= 11 is 1.83. The second kappa shape index (κ2) is 9.67. The van der Waals surface area contributed by atoms with E-state index in [-0.39, 0.29) is 5.44 Å². The van der Waals surface area contributed by atoms with Crippen LogP contribution in [0.4, 0.5) is 11.5 Å². The molecule has 0 amide bonds. The topological polar surface area (TPSA) is 86.1 Å². The number of nitrogens with one attached hydrogen (secondary N) is 2. The molecule has 0 bridgehead atoms. The number of rotatable bonds is 6. The first-order valence-electron chi connectivity index (χ1n) is 11.8. The lowest BCUT2D eigenvalue weighted by Crippen LogP contribution is -2.35. The van der Waals surface area contributed by atoms with Gasteiger partial charge in [0.2, 0.25) is 0 Å². The van der Waals surface area contributed by atoms with Crippen LogP contribution < -0.4 is 20.1 Å². The maximum absolute atomic E-state index is 6.18. The summed E-state index contributed by atoms with van der Waals surface area (Å²) in [4.78, 5) is 13.3. The molecule has 1 aliphatic heterocycles. The van der Waals surface area contributed by atoms with Crippen molar-refractivity contribution in [2.75, 3.05) is 24.2 Å². The molecule has 6 rings (SSSR count). The zero-order chi connectivity index (χ0) is 24.5. The Balaban J connectivity index is 1.22. The third-order valence-corrected chi connectivity index (χ3v) is 7.20. The zero-order valence-corrected chi connectivity index (χ0v) is 20.9. The van der Waals surface area contributed by atoms with Crippen molar-refractivity contribution in [1.82, 2.24) is 24.8 Å². The maximum atomic E-state index is 6.18. The summed E-state index contributed by atoms with van der Waals surface area (Å²) in [5.41, 5.74) is 4.85. The van der Waals surface area contributed by atoms with Gasteiger partial charge in [0.1, 0.15) is 29.4 Å². The minimum absolute atomic E-state index is 0.103. The summed E-state index contributed by atoms with van der Waals surface area (Å²) in [6.07, 6.45) is 3.38. The summed E-state index contributed by atoms with van der Waals surface area (Å²) in [5.74, 6) is 4.13. The monoisotopic (exact) mass is 498 g/mol. The van der Waals surface area contributed by atoms with E-state index >= 15 is 0 Å². The van der Waals surface area contributed by atoms with Gasteiger partial charge in [-0.1, -0.05) is 0 Å². The molecule has 36 heavy (non-hydrogen) atoms. The summed E-state index contributed by atoms with van der Waals surface area (Å²) in [5, 5.41) is 7.72. The zero-order valence-electron chi connectivity index (χ0n) is 20.1. The number of aromatic nitrogens is 4. The Morgan fingerprint density at radius 1 is 1.00 bits per heavy atom. The Bertz CT molecular complexity index is 1550. The molecule has 0 aliphatic carbocycles. The van der Waals surface area contributed by atoms with Crippen LogP contribution in [0, 0.1) is 6.92 Å². The fourth-order valence-electron chi connectivity index (χ4n) is 4.26. The van der Waals surface area contributed by atoms with Gasteiger partial charge in [0, 0.05) is 43.0 Å². The Morgan fingerprint density at radius 3 is 2.78 bits per heavy atom. The second-order valence-corrected chi connectivity index (χ2v) is 10.0. The highest BCUT2D eigenvalue weighted by Crippen LogP contribution is 2.32. The van der Waals surface area contributed by atoms with Crippen LogP contribution in [0.25, 0.3) is 21.9 Å². The Labute approximate surface area is 213 Å². The van der Waals surface area contributed by atoms with E-state index in [4.69, 9.17) is 9.47 Å². The lowest BCUT2D eigenvalue weighted by molar-refractivity contribution is 0.278. The van der Waals surface area contributed by atoms with Gasteiger partial charge in [0.15, 0.2) is 5.44 Å². The fraction of sp³-hybridized carbons (Fsp3) is 0.222. The summed E-state index contributed by atoms with van der Waals surface area (Å²) in [6.45, 7) is 3.88. The molecule has 8 nitrogen and oxygen atoms in total. The van der Waals surface area contributed by atoms with E-state index in [1.807, 2.05) is 84.9 Å². The van der Waals surface area contributed by atoms with Gasteiger partial charge in [-0.15, -0.1) is 11.8 Å². The largest absolute Gasteiger partial charge is 0.478 e. The van der Waals surface area contributed by atoms with Crippen LogP contribution in [0.5, 0.6) is 17.2 Å². The molecule has 182 valence electrons. The molecule has 1 aliphatic rings. The molecule has 0 spiro atoms. The predicted molar refractivity (Wildman–Crippen MR) is 145 cm³/mol. The standard InChI is InChI=1S/C27H26N6O2S/c1-17-11-18(3-8-25(17)34-20-5-7-24-23(13-20)31-16-33(24)2)32-27-21-12-19(4-6-22(21)29-15-30-27)35-26-14-28-9-10-36-26/h3-8,11-13,15-16,26,28H,9-10,14H2,1-2H3,(H,29,30,32)/t26-/m0/s1. The minimum atomic E-state index is 0.103. The van der Waals surface area contributed by atoms with E-state index in [1.54, 1.807) is 12.7 Å². The van der Waals surface area contributed by atoms with Crippen LogP contribution in [-0.2, 0) is 7.05 Å². The molecule has 3 aromatic carbocycles. The van der Waals surface area contributed by atoms with Crippen LogP contribution in [0.3, 0.4) is 0 Å². The third kappa shape index (κ3) is 4.67. The normalized spacial score (nSPS) is 15.8. The number of thioether (sulfide) groups is 1. The Morgan fingerprint density at radius 2 is 1.92 bits per heavy atom. The number of nitrogens with zero attached hydrogens (tertiary/aromatic N) is 4. The molecule has 9 heteroatoms. The molecule has 0 radical (unpaired) electrons. The second-order valence-electron chi connectivity index (χ2n) is 8.74. The highest BCUT2D eigenvalue weighted by atomic mass is 32.2. The first-order chi connectivity index (χ1) is 17.6. The molecule has 2 N–H and O–H groups in total. The van der Waals surface area contributed by atoms with Crippen LogP contribution >= 0.6 is 11.8 Å². The van der Waals surface area contributed by atoms with Crippen molar-refractivity contribution < 1.29 is 9.47 Å². The van der Waals surface area contributed by atoms with Gasteiger partial charge in [0.05, 0.1) is 22.9 Å². The van der Waals surface area contributed by atoms with E-state index < -0.39 is 0 Å². The van der Waals surface area contributed by atoms with E-state index in [0.29, 0.717) is 0 Å². The van der Waals surface area contributed by atoms with Gasteiger partial charge in [-0.3, -0.25) is 0 Å². The molecule has 1 fully saturated rings. The summed E-state index contributed by atoms with van der Waals surface area (Å²) in [6, 6.07) is 17.9. The number of fused-ring (bicyclic) bond motifs is 2. The van der Waals surface area contributed by atoms with Crippen molar-refractivity contribution >= 4 is 45.2 Å². The average molecular weight is 499 g/mol. The predicted octanol–water partition coefficient (Wildman–Crippen LogP) is 5.40. The van der Waals surface area contributed by atoms with Crippen molar-refractivity contribution in [3.63, 3.8) is 0 Å². The number of anilines is 2. The first-order valence-corrected chi connectivity index (χ1v) is 12.9. The van der Waals surface area contributed by atoms with Gasteiger partial charge in [-0.25, -0.2) is 15.0 Å². The first kappa shape index (κ1) is 22.6. The van der Waals surface area contributed by atoms with Crippen LogP contribution in [0.2, 0.25) is 0 Å². The van der Waals surface area contributed by atoms with Gasteiger partial charge in [-0.05, 0) is 61.0 Å². The molecule has 5 aromatic rings. The molecule has 2 aromatic heterocycles. The van der Waals surface area contributed by atoms with Crippen molar-refractivity contribution in [1.29, 1.82) is 0 Å².